The molecular weight excluding hydrogens is 372 g/mol. The fourth-order valence-electron chi connectivity index (χ4n) is 2.73. The summed E-state index contributed by atoms with van der Waals surface area (Å²) in [6.07, 6.45) is 0. The Kier molecular flexibility index (Phi) is 4.07. The summed E-state index contributed by atoms with van der Waals surface area (Å²) in [5.74, 6) is -0.127. The number of nitrogens with two attached hydrogens (primary N) is 1. The maximum absolute atomic E-state index is 12.8. The number of carbonyl (C=O) groups is 1. The van der Waals surface area contributed by atoms with Gasteiger partial charge in [-0.25, -0.2) is 4.98 Å². The van der Waals surface area contributed by atoms with Crippen molar-refractivity contribution in [2.24, 2.45) is 0 Å². The van der Waals surface area contributed by atoms with E-state index in [1.165, 1.54) is 11.3 Å². The molecule has 0 fully saturated rings. The summed E-state index contributed by atoms with van der Waals surface area (Å²) in [6.45, 7) is 2.01. The first kappa shape index (κ1) is 16.3. The average Bonchev–Trinajstić information content (AvgIpc) is 3.23. The molecule has 0 aliphatic heterocycles. The summed E-state index contributed by atoms with van der Waals surface area (Å²) in [6, 6.07) is 13.0. The Bertz CT molecular complexity index is 1100. The first-order valence-electron chi connectivity index (χ1n) is 7.58. The lowest BCUT2D eigenvalue weighted by Gasteiger charge is -2.03. The topological polar surface area (TPSA) is 56.0 Å². The van der Waals surface area contributed by atoms with E-state index in [0.717, 1.165) is 26.4 Å². The number of aryl methyl sites for hydroxylation is 1. The molecule has 4 rings (SSSR count). The number of hydrogen-bond donors (Lipinski definition) is 1. The highest BCUT2D eigenvalue weighted by Crippen LogP contribution is 2.37. The number of thiophene rings is 2. The molecular formula is C19H13ClN2OS2. The molecule has 6 heteroatoms. The van der Waals surface area contributed by atoms with Gasteiger partial charge in [-0.1, -0.05) is 29.8 Å². The highest BCUT2D eigenvalue weighted by Gasteiger charge is 2.20. The van der Waals surface area contributed by atoms with Gasteiger partial charge < -0.3 is 5.73 Å². The van der Waals surface area contributed by atoms with Gasteiger partial charge >= 0.3 is 0 Å². The zero-order chi connectivity index (χ0) is 17.6. The highest BCUT2D eigenvalue weighted by molar-refractivity contribution is 7.21. The zero-order valence-corrected chi connectivity index (χ0v) is 15.6. The number of ketones is 1. The van der Waals surface area contributed by atoms with E-state index in [0.29, 0.717) is 21.2 Å². The molecule has 4 aromatic rings. The Hall–Kier alpha value is -2.21. The quantitative estimate of drug-likeness (QED) is 0.454. The molecule has 0 aliphatic carbocycles. The van der Waals surface area contributed by atoms with Crippen molar-refractivity contribution >= 4 is 56.0 Å². The van der Waals surface area contributed by atoms with E-state index in [4.69, 9.17) is 22.3 Å². The van der Waals surface area contributed by atoms with Gasteiger partial charge in [-0.05, 0) is 42.1 Å². The predicted octanol–water partition coefficient (Wildman–Crippen LogP) is 5.80. The minimum atomic E-state index is -0.127. The second-order valence-electron chi connectivity index (χ2n) is 5.67. The van der Waals surface area contributed by atoms with Crippen LogP contribution in [0.25, 0.3) is 20.8 Å². The van der Waals surface area contributed by atoms with Crippen molar-refractivity contribution in [2.75, 3.05) is 5.73 Å². The minimum absolute atomic E-state index is 0.127. The maximum Gasteiger partial charge on any atom is 0.205 e. The summed E-state index contributed by atoms with van der Waals surface area (Å²) >= 11 is 8.97. The Labute approximate surface area is 157 Å². The number of fused-ring (bicyclic) bond motifs is 1. The van der Waals surface area contributed by atoms with Crippen LogP contribution in [0.4, 0.5) is 5.69 Å². The van der Waals surface area contributed by atoms with E-state index < -0.39 is 0 Å². The summed E-state index contributed by atoms with van der Waals surface area (Å²) in [4.78, 5) is 20.0. The molecule has 124 valence electrons. The van der Waals surface area contributed by atoms with Crippen molar-refractivity contribution < 1.29 is 4.79 Å². The number of rotatable bonds is 3. The molecule has 0 saturated carbocycles. The number of carbonyl (C=O) groups excluding carboxylic acids is 1. The van der Waals surface area contributed by atoms with Crippen molar-refractivity contribution in [1.82, 2.24) is 4.98 Å². The Balaban J connectivity index is 1.86. The van der Waals surface area contributed by atoms with Crippen molar-refractivity contribution in [3.8, 4) is 10.6 Å². The van der Waals surface area contributed by atoms with Gasteiger partial charge in [0.1, 0.15) is 9.71 Å². The van der Waals surface area contributed by atoms with Gasteiger partial charge in [0, 0.05) is 16.0 Å². The number of anilines is 1. The van der Waals surface area contributed by atoms with Gasteiger partial charge in [-0.15, -0.1) is 22.7 Å². The molecule has 0 spiro atoms. The number of aromatic nitrogens is 1. The second kappa shape index (κ2) is 6.26. The molecule has 0 atom stereocenters. The fraction of sp³-hybridized carbons (Fsp3) is 0.0526. The predicted molar refractivity (Wildman–Crippen MR) is 107 cm³/mol. The van der Waals surface area contributed by atoms with E-state index in [9.17, 15) is 4.79 Å². The van der Waals surface area contributed by atoms with Crippen molar-refractivity contribution in [2.45, 2.75) is 6.92 Å². The Morgan fingerprint density at radius 2 is 2.04 bits per heavy atom. The number of halogens is 1. The number of hydrogen-bond acceptors (Lipinski definition) is 5. The molecule has 0 saturated heterocycles. The molecule has 1 aromatic carbocycles. The van der Waals surface area contributed by atoms with Crippen molar-refractivity contribution in [3.63, 3.8) is 0 Å². The Morgan fingerprint density at radius 3 is 2.76 bits per heavy atom. The van der Waals surface area contributed by atoms with Crippen LogP contribution in [0.2, 0.25) is 5.02 Å². The van der Waals surface area contributed by atoms with Crippen LogP contribution in [-0.4, -0.2) is 10.8 Å². The zero-order valence-electron chi connectivity index (χ0n) is 13.2. The summed E-state index contributed by atoms with van der Waals surface area (Å²) < 4.78 is 0. The smallest absolute Gasteiger partial charge is 0.205 e. The van der Waals surface area contributed by atoms with E-state index in [2.05, 4.69) is 0 Å². The molecule has 0 bridgehead atoms. The molecule has 3 heterocycles. The molecule has 2 N–H and O–H groups in total. The summed E-state index contributed by atoms with van der Waals surface area (Å²) in [5, 5.41) is 3.38. The lowest BCUT2D eigenvalue weighted by atomic mass is 10.1. The molecule has 0 amide bonds. The standard InChI is InChI=1S/C19H13ClN2OS2/c1-10-8-13-15(21)18(17(23)11-4-2-5-12(20)9-11)25-19(13)22-16(10)14-6-3-7-24-14/h2-9H,21H2,1H3. The van der Waals surface area contributed by atoms with Crippen LogP contribution < -0.4 is 5.73 Å². The molecule has 0 unspecified atom stereocenters. The summed E-state index contributed by atoms with van der Waals surface area (Å²) in [5.41, 5.74) is 9.26. The number of benzene rings is 1. The molecule has 3 aromatic heterocycles. The van der Waals surface area contributed by atoms with Crippen molar-refractivity contribution in [1.29, 1.82) is 0 Å². The van der Waals surface area contributed by atoms with Gasteiger partial charge in [0.05, 0.1) is 16.3 Å². The van der Waals surface area contributed by atoms with Gasteiger partial charge in [-0.3, -0.25) is 4.79 Å². The van der Waals surface area contributed by atoms with Crippen LogP contribution in [0.5, 0.6) is 0 Å². The average molecular weight is 385 g/mol. The van der Waals surface area contributed by atoms with Crippen LogP contribution in [-0.2, 0) is 0 Å². The summed E-state index contributed by atoms with van der Waals surface area (Å²) in [7, 11) is 0. The lowest BCUT2D eigenvalue weighted by Crippen LogP contribution is -2.01. The molecule has 0 aliphatic rings. The molecule has 25 heavy (non-hydrogen) atoms. The molecule has 0 radical (unpaired) electrons. The van der Waals surface area contributed by atoms with E-state index >= 15 is 0 Å². The third-order valence-corrected chi connectivity index (χ3v) is 6.18. The SMILES string of the molecule is Cc1cc2c(N)c(C(=O)c3cccc(Cl)c3)sc2nc1-c1cccs1. The van der Waals surface area contributed by atoms with Crippen LogP contribution in [0.15, 0.2) is 47.8 Å². The van der Waals surface area contributed by atoms with E-state index in [1.54, 1.807) is 35.6 Å². The third kappa shape index (κ3) is 2.84. The largest absolute Gasteiger partial charge is 0.397 e. The van der Waals surface area contributed by atoms with Crippen LogP contribution in [0.1, 0.15) is 20.8 Å². The first-order chi connectivity index (χ1) is 12.0. The van der Waals surface area contributed by atoms with Gasteiger partial charge in [0.2, 0.25) is 5.78 Å². The van der Waals surface area contributed by atoms with E-state index in [-0.39, 0.29) is 5.78 Å². The second-order valence-corrected chi connectivity index (χ2v) is 8.05. The van der Waals surface area contributed by atoms with Gasteiger partial charge in [0.15, 0.2) is 0 Å². The fourth-order valence-corrected chi connectivity index (χ4v) is 4.74. The van der Waals surface area contributed by atoms with E-state index in [1.807, 2.05) is 30.5 Å². The maximum atomic E-state index is 12.8. The van der Waals surface area contributed by atoms with Gasteiger partial charge in [0.25, 0.3) is 0 Å². The Morgan fingerprint density at radius 1 is 1.20 bits per heavy atom. The normalized spacial score (nSPS) is 11.1. The minimum Gasteiger partial charge on any atom is -0.397 e. The third-order valence-electron chi connectivity index (χ3n) is 3.96. The highest BCUT2D eigenvalue weighted by atomic mass is 35.5. The number of nitrogens with zero attached hydrogens (tertiary/aromatic N) is 1. The van der Waals surface area contributed by atoms with Crippen LogP contribution in [0, 0.1) is 6.92 Å². The van der Waals surface area contributed by atoms with Crippen molar-refractivity contribution in [3.05, 3.63) is 68.9 Å². The number of pyridine rings is 1. The van der Waals surface area contributed by atoms with Gasteiger partial charge in [-0.2, -0.15) is 0 Å². The lowest BCUT2D eigenvalue weighted by molar-refractivity contribution is 0.104. The monoisotopic (exact) mass is 384 g/mol. The molecule has 3 nitrogen and oxygen atoms in total. The van der Waals surface area contributed by atoms with Crippen LogP contribution in [0.3, 0.4) is 0 Å². The van der Waals surface area contributed by atoms with Crippen LogP contribution >= 0.6 is 34.3 Å². The first-order valence-corrected chi connectivity index (χ1v) is 9.66. The number of nitrogen functional groups attached to an aromatic ring is 1.